The Kier molecular flexibility index (Phi) is 2.99. The van der Waals surface area contributed by atoms with Crippen LogP contribution in [0.15, 0.2) is 18.2 Å². The Morgan fingerprint density at radius 3 is 2.69 bits per heavy atom. The van der Waals surface area contributed by atoms with E-state index >= 15 is 0 Å². The fourth-order valence-electron chi connectivity index (χ4n) is 2.42. The summed E-state index contributed by atoms with van der Waals surface area (Å²) in [5.74, 6) is 0.836. The number of rotatable bonds is 4. The highest BCUT2D eigenvalue weighted by Crippen LogP contribution is 2.45. The van der Waals surface area contributed by atoms with Gasteiger partial charge in [-0.2, -0.15) is 0 Å². The first kappa shape index (κ1) is 11.2. The highest BCUT2D eigenvalue weighted by Gasteiger charge is 2.33. The highest BCUT2D eigenvalue weighted by atomic mass is 16.1. The molecule has 0 saturated heterocycles. The number of amides is 1. The molecule has 1 aliphatic carbocycles. The van der Waals surface area contributed by atoms with Gasteiger partial charge in [-0.1, -0.05) is 18.2 Å². The van der Waals surface area contributed by atoms with Crippen LogP contribution in [0.2, 0.25) is 0 Å². The van der Waals surface area contributed by atoms with E-state index < -0.39 is 0 Å². The summed E-state index contributed by atoms with van der Waals surface area (Å²) in [5, 5.41) is 0. The zero-order valence-electron chi connectivity index (χ0n) is 9.99. The number of hydrogen-bond acceptors (Lipinski definition) is 1. The summed E-state index contributed by atoms with van der Waals surface area (Å²) in [6.07, 6.45) is 2.98. The van der Waals surface area contributed by atoms with E-state index in [2.05, 4.69) is 32.0 Å². The molecule has 86 valence electrons. The number of nitrogens with two attached hydrogens (primary N) is 1. The molecule has 0 radical (unpaired) electrons. The maximum absolute atomic E-state index is 11.1. The van der Waals surface area contributed by atoms with Crippen LogP contribution in [-0.4, -0.2) is 5.91 Å². The maximum Gasteiger partial charge on any atom is 0.218 e. The second kappa shape index (κ2) is 4.28. The van der Waals surface area contributed by atoms with Gasteiger partial charge in [-0.3, -0.25) is 4.79 Å². The van der Waals surface area contributed by atoms with Gasteiger partial charge < -0.3 is 5.73 Å². The smallest absolute Gasteiger partial charge is 0.218 e. The van der Waals surface area contributed by atoms with Crippen molar-refractivity contribution in [2.45, 2.75) is 39.0 Å². The van der Waals surface area contributed by atoms with Gasteiger partial charge in [0, 0.05) is 6.42 Å². The molecular weight excluding hydrogens is 198 g/mol. The largest absolute Gasteiger partial charge is 0.370 e. The van der Waals surface area contributed by atoms with Gasteiger partial charge in [0.2, 0.25) is 5.91 Å². The minimum atomic E-state index is -0.183. The first-order chi connectivity index (χ1) is 7.59. The van der Waals surface area contributed by atoms with Crippen molar-refractivity contribution < 1.29 is 4.79 Å². The second-order valence-corrected chi connectivity index (χ2v) is 4.90. The van der Waals surface area contributed by atoms with Crippen molar-refractivity contribution in [3.05, 3.63) is 34.9 Å². The summed E-state index contributed by atoms with van der Waals surface area (Å²) in [4.78, 5) is 11.1. The molecule has 1 fully saturated rings. The van der Waals surface area contributed by atoms with Crippen molar-refractivity contribution in [2.24, 2.45) is 11.7 Å². The van der Waals surface area contributed by atoms with Gasteiger partial charge in [0.05, 0.1) is 0 Å². The minimum Gasteiger partial charge on any atom is -0.370 e. The minimum absolute atomic E-state index is 0.183. The molecule has 0 aromatic heterocycles. The van der Waals surface area contributed by atoms with Gasteiger partial charge in [0.25, 0.3) is 0 Å². The normalized spacial score (nSPS) is 17.1. The Labute approximate surface area is 96.8 Å². The van der Waals surface area contributed by atoms with E-state index in [1.165, 1.54) is 29.5 Å². The molecule has 1 unspecified atom stereocenters. The van der Waals surface area contributed by atoms with E-state index in [0.717, 1.165) is 0 Å². The number of aryl methyl sites for hydroxylation is 1. The Bertz CT molecular complexity index is 407. The SMILES string of the molecule is Cc1cccc(C(CC(N)=O)C2CC2)c1C. The molecule has 1 saturated carbocycles. The Morgan fingerprint density at radius 1 is 1.44 bits per heavy atom. The Morgan fingerprint density at radius 2 is 2.12 bits per heavy atom. The molecule has 0 heterocycles. The molecule has 2 rings (SSSR count). The molecule has 0 spiro atoms. The van der Waals surface area contributed by atoms with Crippen molar-refractivity contribution in [3.8, 4) is 0 Å². The second-order valence-electron chi connectivity index (χ2n) is 4.90. The number of hydrogen-bond donors (Lipinski definition) is 1. The summed E-state index contributed by atoms with van der Waals surface area (Å²) in [5.41, 5.74) is 9.28. The van der Waals surface area contributed by atoms with Crippen molar-refractivity contribution in [2.75, 3.05) is 0 Å². The number of benzene rings is 1. The average molecular weight is 217 g/mol. The Balaban J connectivity index is 2.30. The van der Waals surface area contributed by atoms with Crippen LogP contribution in [-0.2, 0) is 4.79 Å². The molecule has 2 heteroatoms. The van der Waals surface area contributed by atoms with E-state index in [4.69, 9.17) is 5.73 Å². The van der Waals surface area contributed by atoms with Gasteiger partial charge >= 0.3 is 0 Å². The summed E-state index contributed by atoms with van der Waals surface area (Å²) in [7, 11) is 0. The maximum atomic E-state index is 11.1. The third-order valence-electron chi connectivity index (χ3n) is 3.66. The first-order valence-corrected chi connectivity index (χ1v) is 5.94. The van der Waals surface area contributed by atoms with Crippen molar-refractivity contribution >= 4 is 5.91 Å². The van der Waals surface area contributed by atoms with Crippen molar-refractivity contribution in [1.82, 2.24) is 0 Å². The lowest BCUT2D eigenvalue weighted by atomic mass is 9.86. The third-order valence-corrected chi connectivity index (χ3v) is 3.66. The number of primary amides is 1. The lowest BCUT2D eigenvalue weighted by Crippen LogP contribution is -2.17. The van der Waals surface area contributed by atoms with Crippen LogP contribution in [0.3, 0.4) is 0 Å². The van der Waals surface area contributed by atoms with Crippen molar-refractivity contribution in [1.29, 1.82) is 0 Å². The quantitative estimate of drug-likeness (QED) is 0.827. The zero-order chi connectivity index (χ0) is 11.7. The lowest BCUT2D eigenvalue weighted by molar-refractivity contribution is -0.118. The van der Waals surface area contributed by atoms with Crippen LogP contribution in [0.4, 0.5) is 0 Å². The molecule has 1 amide bonds. The van der Waals surface area contributed by atoms with E-state index in [1.807, 2.05) is 0 Å². The molecule has 1 aliphatic rings. The summed E-state index contributed by atoms with van der Waals surface area (Å²) >= 11 is 0. The van der Waals surface area contributed by atoms with Crippen LogP contribution >= 0.6 is 0 Å². The van der Waals surface area contributed by atoms with Crippen LogP contribution in [0, 0.1) is 19.8 Å². The predicted octanol–water partition coefficient (Wildman–Crippen LogP) is 2.67. The average Bonchev–Trinajstić information content (AvgIpc) is 3.02. The van der Waals surface area contributed by atoms with Crippen molar-refractivity contribution in [3.63, 3.8) is 0 Å². The molecular formula is C14H19NO. The van der Waals surface area contributed by atoms with E-state index in [1.54, 1.807) is 0 Å². The fraction of sp³-hybridized carbons (Fsp3) is 0.500. The summed E-state index contributed by atoms with van der Waals surface area (Å²) in [6, 6.07) is 6.34. The van der Waals surface area contributed by atoms with E-state index in [-0.39, 0.29) is 5.91 Å². The molecule has 0 aliphatic heterocycles. The molecule has 1 aromatic rings. The van der Waals surface area contributed by atoms with Gasteiger partial charge in [0.15, 0.2) is 0 Å². The molecule has 2 nitrogen and oxygen atoms in total. The van der Waals surface area contributed by atoms with Gasteiger partial charge in [-0.05, 0) is 55.2 Å². The first-order valence-electron chi connectivity index (χ1n) is 5.94. The van der Waals surface area contributed by atoms with Gasteiger partial charge in [0.1, 0.15) is 0 Å². The molecule has 16 heavy (non-hydrogen) atoms. The number of carbonyl (C=O) groups excluding carboxylic acids is 1. The highest BCUT2D eigenvalue weighted by molar-refractivity contribution is 5.75. The standard InChI is InChI=1S/C14H19NO/c1-9-4-3-5-12(10(9)2)13(8-14(15)16)11-6-7-11/h3-5,11,13H,6-8H2,1-2H3,(H2,15,16). The molecule has 2 N–H and O–H groups in total. The van der Waals surface area contributed by atoms with Gasteiger partial charge in [-0.25, -0.2) is 0 Å². The summed E-state index contributed by atoms with van der Waals surface area (Å²) in [6.45, 7) is 4.26. The number of carbonyl (C=O) groups is 1. The van der Waals surface area contributed by atoms with E-state index in [0.29, 0.717) is 18.3 Å². The Hall–Kier alpha value is -1.31. The monoisotopic (exact) mass is 217 g/mol. The fourth-order valence-corrected chi connectivity index (χ4v) is 2.42. The molecule has 1 aromatic carbocycles. The van der Waals surface area contributed by atoms with E-state index in [9.17, 15) is 4.79 Å². The van der Waals surface area contributed by atoms with Crippen LogP contribution < -0.4 is 5.73 Å². The van der Waals surface area contributed by atoms with Crippen LogP contribution in [0.25, 0.3) is 0 Å². The van der Waals surface area contributed by atoms with Crippen LogP contribution in [0.1, 0.15) is 41.9 Å². The van der Waals surface area contributed by atoms with Crippen LogP contribution in [0.5, 0.6) is 0 Å². The van der Waals surface area contributed by atoms with Gasteiger partial charge in [-0.15, -0.1) is 0 Å². The lowest BCUT2D eigenvalue weighted by Gasteiger charge is -2.18. The summed E-state index contributed by atoms with van der Waals surface area (Å²) < 4.78 is 0. The predicted molar refractivity (Wildman–Crippen MR) is 65.2 cm³/mol. The third kappa shape index (κ3) is 2.26. The molecule has 1 atom stereocenters. The topological polar surface area (TPSA) is 43.1 Å². The molecule has 0 bridgehead atoms. The zero-order valence-corrected chi connectivity index (χ0v) is 9.99.